The lowest BCUT2D eigenvalue weighted by Gasteiger charge is -2.26. The Morgan fingerprint density at radius 1 is 0.297 bits per heavy atom. The zero-order valence-electron chi connectivity index (χ0n) is 34.5. The fourth-order valence-electron chi connectivity index (χ4n) is 10.4. The predicted octanol–water partition coefficient (Wildman–Crippen LogP) is 17.1. The van der Waals surface area contributed by atoms with E-state index in [1.807, 2.05) is 12.1 Å². The highest BCUT2D eigenvalue weighted by Gasteiger charge is 2.21. The Hall–Kier alpha value is -8.60. The van der Waals surface area contributed by atoms with E-state index in [4.69, 9.17) is 8.83 Å². The first-order valence-corrected chi connectivity index (χ1v) is 21.8. The van der Waals surface area contributed by atoms with Gasteiger partial charge >= 0.3 is 0 Å². The summed E-state index contributed by atoms with van der Waals surface area (Å²) in [6, 6.07) is 78.2. The van der Waals surface area contributed by atoms with Gasteiger partial charge in [-0.3, -0.25) is 0 Å². The van der Waals surface area contributed by atoms with Crippen molar-refractivity contribution in [3.8, 4) is 33.4 Å². The monoisotopic (exact) mass is 816 g/mol. The van der Waals surface area contributed by atoms with Crippen LogP contribution in [0.3, 0.4) is 0 Å². The second kappa shape index (κ2) is 13.4. The van der Waals surface area contributed by atoms with Gasteiger partial charge in [0.1, 0.15) is 22.3 Å². The van der Waals surface area contributed by atoms with E-state index in [0.717, 1.165) is 77.6 Å². The third-order valence-electron chi connectivity index (χ3n) is 13.3. The summed E-state index contributed by atoms with van der Waals surface area (Å²) in [5.74, 6) is 0. The molecule has 0 saturated heterocycles. The van der Waals surface area contributed by atoms with Crippen LogP contribution in [0, 0.1) is 0 Å². The molecule has 64 heavy (non-hydrogen) atoms. The lowest BCUT2D eigenvalue weighted by Crippen LogP contribution is -2.09. The molecule has 0 fully saturated rings. The molecule has 0 spiro atoms. The number of fused-ring (bicyclic) bond motifs is 12. The Balaban J connectivity index is 0.893. The molecule has 0 N–H and O–H groups in total. The minimum absolute atomic E-state index is 0.840. The van der Waals surface area contributed by atoms with E-state index in [2.05, 4.69) is 216 Å². The molecule has 0 bridgehead atoms. The zero-order chi connectivity index (χ0) is 41.9. The van der Waals surface area contributed by atoms with Crippen molar-refractivity contribution < 1.29 is 8.83 Å². The number of furan rings is 2. The number of aromatic nitrogens is 1. The summed E-state index contributed by atoms with van der Waals surface area (Å²) in [5.41, 5.74) is 17.2. The average Bonchev–Trinajstić information content (AvgIpc) is 4.12. The highest BCUT2D eigenvalue weighted by molar-refractivity contribution is 6.25. The fourth-order valence-corrected chi connectivity index (χ4v) is 10.4. The van der Waals surface area contributed by atoms with Gasteiger partial charge in [0.15, 0.2) is 0 Å². The Morgan fingerprint density at radius 3 is 1.62 bits per heavy atom. The van der Waals surface area contributed by atoms with E-state index in [0.29, 0.717) is 0 Å². The van der Waals surface area contributed by atoms with E-state index in [1.54, 1.807) is 0 Å². The van der Waals surface area contributed by atoms with Crippen LogP contribution in [0.4, 0.5) is 17.1 Å². The van der Waals surface area contributed by atoms with Gasteiger partial charge in [-0.2, -0.15) is 0 Å². The van der Waals surface area contributed by atoms with Crippen molar-refractivity contribution in [1.82, 2.24) is 4.40 Å². The van der Waals surface area contributed by atoms with Crippen molar-refractivity contribution in [2.24, 2.45) is 0 Å². The zero-order valence-corrected chi connectivity index (χ0v) is 34.5. The lowest BCUT2D eigenvalue weighted by molar-refractivity contribution is 0.669. The molecule has 0 radical (unpaired) electrons. The number of benzene rings is 10. The second-order valence-corrected chi connectivity index (χ2v) is 16.8. The normalized spacial score (nSPS) is 12.1. The van der Waals surface area contributed by atoms with Crippen LogP contribution in [-0.2, 0) is 0 Å². The number of rotatable bonds is 6. The van der Waals surface area contributed by atoms with Gasteiger partial charge in [0.2, 0.25) is 0 Å². The molecule has 4 heteroatoms. The van der Waals surface area contributed by atoms with Crippen molar-refractivity contribution in [1.29, 1.82) is 0 Å². The number of nitrogens with zero attached hydrogens (tertiary/aromatic N) is 2. The third kappa shape index (κ3) is 5.11. The topological polar surface area (TPSA) is 33.9 Å². The summed E-state index contributed by atoms with van der Waals surface area (Å²) in [5, 5.41) is 9.54. The van der Waals surface area contributed by atoms with E-state index in [9.17, 15) is 0 Å². The predicted molar refractivity (Wildman–Crippen MR) is 267 cm³/mol. The van der Waals surface area contributed by atoms with Crippen LogP contribution in [0.1, 0.15) is 0 Å². The van der Waals surface area contributed by atoms with Crippen LogP contribution < -0.4 is 4.90 Å². The molecule has 0 saturated carbocycles. The molecule has 298 valence electrons. The van der Waals surface area contributed by atoms with Crippen molar-refractivity contribution in [3.63, 3.8) is 0 Å². The molecule has 4 nitrogen and oxygen atoms in total. The third-order valence-corrected chi connectivity index (χ3v) is 13.3. The fraction of sp³-hybridized carbons (Fsp3) is 0. The Morgan fingerprint density at radius 2 is 0.828 bits per heavy atom. The molecular weight excluding hydrogens is 781 g/mol. The van der Waals surface area contributed by atoms with Crippen molar-refractivity contribution in [2.75, 3.05) is 4.90 Å². The molecule has 4 heterocycles. The molecular formula is C60H36N2O2. The van der Waals surface area contributed by atoms with Crippen LogP contribution in [0.5, 0.6) is 0 Å². The van der Waals surface area contributed by atoms with Crippen molar-refractivity contribution in [3.05, 3.63) is 218 Å². The van der Waals surface area contributed by atoms with Gasteiger partial charge in [0.05, 0.1) is 16.6 Å². The van der Waals surface area contributed by atoms with Gasteiger partial charge in [-0.05, 0) is 82.9 Å². The smallest absolute Gasteiger partial charge is 0.143 e. The maximum atomic E-state index is 6.85. The van der Waals surface area contributed by atoms with Crippen LogP contribution in [0.25, 0.3) is 115 Å². The summed E-state index contributed by atoms with van der Waals surface area (Å²) < 4.78 is 15.7. The number of para-hydroxylation sites is 5. The molecule has 10 aromatic carbocycles. The molecule has 0 aliphatic carbocycles. The first-order chi connectivity index (χ1) is 31.7. The van der Waals surface area contributed by atoms with E-state index >= 15 is 0 Å². The number of hydrogen-bond donors (Lipinski definition) is 0. The SMILES string of the molecule is c1ccc(-c2ccc(N(c3ccc(-c4cccc5c4oc4ccccc45)cc3)c3ccc4c(c3)oc3cc(-c5cccc6c7cccc8c9ccccc9n(c56)c87)ccc34)cc2)cc1. The Labute approximate surface area is 367 Å². The van der Waals surface area contributed by atoms with E-state index in [-0.39, 0.29) is 0 Å². The minimum Gasteiger partial charge on any atom is -0.456 e. The van der Waals surface area contributed by atoms with E-state index < -0.39 is 0 Å². The summed E-state index contributed by atoms with van der Waals surface area (Å²) in [7, 11) is 0. The first kappa shape index (κ1) is 35.0. The minimum atomic E-state index is 0.840. The van der Waals surface area contributed by atoms with Crippen LogP contribution in [-0.4, -0.2) is 4.40 Å². The van der Waals surface area contributed by atoms with Crippen molar-refractivity contribution in [2.45, 2.75) is 0 Å². The van der Waals surface area contributed by atoms with Gasteiger partial charge < -0.3 is 18.1 Å². The molecule has 14 rings (SSSR count). The second-order valence-electron chi connectivity index (χ2n) is 16.8. The molecule has 4 aromatic heterocycles. The van der Waals surface area contributed by atoms with Gasteiger partial charge in [-0.1, -0.05) is 152 Å². The van der Waals surface area contributed by atoms with Gasteiger partial charge in [0.25, 0.3) is 0 Å². The Bertz CT molecular complexity index is 4120. The summed E-state index contributed by atoms with van der Waals surface area (Å²) >= 11 is 0. The number of anilines is 3. The van der Waals surface area contributed by atoms with Crippen LogP contribution in [0.2, 0.25) is 0 Å². The molecule has 0 amide bonds. The summed E-state index contributed by atoms with van der Waals surface area (Å²) in [4.78, 5) is 2.31. The maximum absolute atomic E-state index is 6.85. The number of hydrogen-bond acceptors (Lipinski definition) is 3. The van der Waals surface area contributed by atoms with Gasteiger partial charge in [0, 0.05) is 77.3 Å². The van der Waals surface area contributed by atoms with Crippen molar-refractivity contribution >= 4 is 99.0 Å². The summed E-state index contributed by atoms with van der Waals surface area (Å²) in [6.45, 7) is 0. The Kier molecular flexibility index (Phi) is 7.36. The molecule has 0 aliphatic rings. The highest BCUT2D eigenvalue weighted by Crippen LogP contribution is 2.45. The van der Waals surface area contributed by atoms with Crippen LogP contribution >= 0.6 is 0 Å². The van der Waals surface area contributed by atoms with E-state index in [1.165, 1.54) is 54.8 Å². The molecule has 0 atom stereocenters. The largest absolute Gasteiger partial charge is 0.456 e. The van der Waals surface area contributed by atoms with Gasteiger partial charge in [-0.15, -0.1) is 0 Å². The molecule has 0 aliphatic heterocycles. The standard InChI is InChI=1S/C60H36N2O2/c1-2-11-37(12-3-1)38-23-28-41(29-24-38)61(42-30-25-39(26-31-42)45-16-9-20-53-47-14-5-7-22-55(47)64-60(45)53)43-32-34-49-48-33-27-40(35-56(48)63-57(49)36-43)44-15-8-18-51-52-19-10-17-50-46-13-4-6-21-54(46)62(58(44)51)59(50)52/h1-36H. The quantitative estimate of drug-likeness (QED) is 0.168. The molecule has 0 unspecified atom stereocenters. The van der Waals surface area contributed by atoms with Crippen LogP contribution in [0.15, 0.2) is 227 Å². The highest BCUT2D eigenvalue weighted by atomic mass is 16.3. The summed E-state index contributed by atoms with van der Waals surface area (Å²) in [6.07, 6.45) is 0. The van der Waals surface area contributed by atoms with Gasteiger partial charge in [-0.25, -0.2) is 0 Å². The first-order valence-electron chi connectivity index (χ1n) is 21.8. The average molecular weight is 817 g/mol. The maximum Gasteiger partial charge on any atom is 0.143 e. The lowest BCUT2D eigenvalue weighted by atomic mass is 10.00. The molecule has 14 aromatic rings.